The van der Waals surface area contributed by atoms with E-state index in [4.69, 9.17) is 10.5 Å². The average Bonchev–Trinajstić information content (AvgIpc) is 2.93. The van der Waals surface area contributed by atoms with Crippen LogP contribution >= 0.6 is 0 Å². The van der Waals surface area contributed by atoms with Crippen molar-refractivity contribution in [3.8, 4) is 5.75 Å². The zero-order valence-electron chi connectivity index (χ0n) is 11.9. The molecule has 0 aliphatic heterocycles. The van der Waals surface area contributed by atoms with Crippen LogP contribution in [-0.4, -0.2) is 6.54 Å². The SMILES string of the molecule is Cc1ccccc1C(CN)Oc1ccc2c(c1)CCC2. The predicted octanol–water partition coefficient (Wildman–Crippen LogP) is 3.56. The molecule has 0 amide bonds. The third kappa shape index (κ3) is 2.56. The Labute approximate surface area is 120 Å². The molecule has 0 fully saturated rings. The summed E-state index contributed by atoms with van der Waals surface area (Å²) in [7, 11) is 0. The van der Waals surface area contributed by atoms with Crippen molar-refractivity contribution in [1.29, 1.82) is 0 Å². The van der Waals surface area contributed by atoms with Gasteiger partial charge in [0.2, 0.25) is 0 Å². The van der Waals surface area contributed by atoms with Gasteiger partial charge in [0, 0.05) is 6.54 Å². The Morgan fingerprint density at radius 3 is 2.70 bits per heavy atom. The fourth-order valence-corrected chi connectivity index (χ4v) is 2.97. The Morgan fingerprint density at radius 2 is 1.90 bits per heavy atom. The third-order valence-corrected chi connectivity index (χ3v) is 4.10. The van der Waals surface area contributed by atoms with Crippen molar-refractivity contribution in [3.05, 3.63) is 64.7 Å². The van der Waals surface area contributed by atoms with Gasteiger partial charge < -0.3 is 10.5 Å². The highest BCUT2D eigenvalue weighted by atomic mass is 16.5. The van der Waals surface area contributed by atoms with E-state index >= 15 is 0 Å². The second kappa shape index (κ2) is 5.68. The molecule has 0 spiro atoms. The fraction of sp³-hybridized carbons (Fsp3) is 0.333. The Bertz CT molecular complexity index is 606. The van der Waals surface area contributed by atoms with E-state index in [0.717, 1.165) is 5.75 Å². The molecule has 2 aromatic carbocycles. The minimum atomic E-state index is -0.0735. The van der Waals surface area contributed by atoms with E-state index in [1.165, 1.54) is 41.5 Å². The van der Waals surface area contributed by atoms with Crippen LogP contribution in [0.1, 0.15) is 34.8 Å². The summed E-state index contributed by atoms with van der Waals surface area (Å²) in [6, 6.07) is 14.7. The first kappa shape index (κ1) is 13.2. The van der Waals surface area contributed by atoms with Crippen molar-refractivity contribution in [2.45, 2.75) is 32.3 Å². The summed E-state index contributed by atoms with van der Waals surface area (Å²) in [5, 5.41) is 0. The van der Waals surface area contributed by atoms with Gasteiger partial charge in [0.25, 0.3) is 0 Å². The molecule has 2 heteroatoms. The van der Waals surface area contributed by atoms with Crippen LogP contribution in [0, 0.1) is 6.92 Å². The maximum Gasteiger partial charge on any atom is 0.136 e. The maximum absolute atomic E-state index is 6.13. The van der Waals surface area contributed by atoms with Crippen molar-refractivity contribution in [3.63, 3.8) is 0 Å². The molecule has 2 N–H and O–H groups in total. The standard InChI is InChI=1S/C18H21NO/c1-13-5-2-3-8-17(13)18(12-19)20-16-10-9-14-6-4-7-15(14)11-16/h2-3,5,8-11,18H,4,6-7,12,19H2,1H3. The second-order valence-electron chi connectivity index (χ2n) is 5.48. The lowest BCUT2D eigenvalue weighted by Gasteiger charge is -2.20. The van der Waals surface area contributed by atoms with Crippen molar-refractivity contribution < 1.29 is 4.74 Å². The van der Waals surface area contributed by atoms with Gasteiger partial charge >= 0.3 is 0 Å². The van der Waals surface area contributed by atoms with Gasteiger partial charge in [0.05, 0.1) is 0 Å². The lowest BCUT2D eigenvalue weighted by atomic mass is 10.0. The molecule has 0 saturated carbocycles. The molecule has 20 heavy (non-hydrogen) atoms. The number of benzene rings is 2. The molecule has 3 rings (SSSR count). The van der Waals surface area contributed by atoms with Crippen LogP contribution in [0.2, 0.25) is 0 Å². The zero-order valence-corrected chi connectivity index (χ0v) is 11.9. The van der Waals surface area contributed by atoms with Gasteiger partial charge in [-0.25, -0.2) is 0 Å². The van der Waals surface area contributed by atoms with E-state index in [1.54, 1.807) is 0 Å². The van der Waals surface area contributed by atoms with E-state index in [1.807, 2.05) is 12.1 Å². The van der Waals surface area contributed by atoms with Crippen molar-refractivity contribution in [2.75, 3.05) is 6.54 Å². The molecule has 0 bridgehead atoms. The van der Waals surface area contributed by atoms with Gasteiger partial charge in [-0.1, -0.05) is 30.3 Å². The maximum atomic E-state index is 6.13. The Morgan fingerprint density at radius 1 is 1.10 bits per heavy atom. The van der Waals surface area contributed by atoms with Crippen LogP contribution in [0.3, 0.4) is 0 Å². The van der Waals surface area contributed by atoms with Crippen molar-refractivity contribution >= 4 is 0 Å². The van der Waals surface area contributed by atoms with E-state index in [2.05, 4.69) is 37.3 Å². The first-order valence-electron chi connectivity index (χ1n) is 7.32. The normalized spacial score (nSPS) is 14.9. The minimum Gasteiger partial charge on any atom is -0.484 e. The molecule has 1 atom stereocenters. The molecule has 1 aliphatic carbocycles. The van der Waals surface area contributed by atoms with Crippen molar-refractivity contribution in [1.82, 2.24) is 0 Å². The number of aryl methyl sites for hydroxylation is 3. The lowest BCUT2D eigenvalue weighted by Crippen LogP contribution is -2.19. The highest BCUT2D eigenvalue weighted by Crippen LogP contribution is 2.29. The number of fused-ring (bicyclic) bond motifs is 1. The van der Waals surface area contributed by atoms with Crippen LogP contribution in [0.5, 0.6) is 5.75 Å². The Balaban J connectivity index is 1.83. The summed E-state index contributed by atoms with van der Waals surface area (Å²) in [4.78, 5) is 0. The molecule has 1 aliphatic rings. The van der Waals surface area contributed by atoms with Gasteiger partial charge in [0.1, 0.15) is 11.9 Å². The van der Waals surface area contributed by atoms with Crippen LogP contribution < -0.4 is 10.5 Å². The van der Waals surface area contributed by atoms with Gasteiger partial charge in [-0.15, -0.1) is 0 Å². The van der Waals surface area contributed by atoms with Crippen LogP contribution in [0.4, 0.5) is 0 Å². The van der Waals surface area contributed by atoms with Crippen LogP contribution in [-0.2, 0) is 12.8 Å². The van der Waals surface area contributed by atoms with E-state index < -0.39 is 0 Å². The Kier molecular flexibility index (Phi) is 3.75. The highest BCUT2D eigenvalue weighted by molar-refractivity contribution is 5.39. The van der Waals surface area contributed by atoms with Crippen LogP contribution in [0.25, 0.3) is 0 Å². The molecular weight excluding hydrogens is 246 g/mol. The van der Waals surface area contributed by atoms with Crippen molar-refractivity contribution in [2.24, 2.45) is 5.73 Å². The monoisotopic (exact) mass is 267 g/mol. The number of hydrogen-bond acceptors (Lipinski definition) is 2. The molecule has 104 valence electrons. The van der Waals surface area contributed by atoms with Gasteiger partial charge in [0.15, 0.2) is 0 Å². The molecule has 2 nitrogen and oxygen atoms in total. The quantitative estimate of drug-likeness (QED) is 0.919. The molecule has 0 radical (unpaired) electrons. The molecule has 0 aromatic heterocycles. The summed E-state index contributed by atoms with van der Waals surface area (Å²) >= 11 is 0. The average molecular weight is 267 g/mol. The third-order valence-electron chi connectivity index (χ3n) is 4.10. The molecule has 2 aromatic rings. The summed E-state index contributed by atoms with van der Waals surface area (Å²) in [6.07, 6.45) is 3.56. The minimum absolute atomic E-state index is 0.0735. The smallest absolute Gasteiger partial charge is 0.136 e. The fourth-order valence-electron chi connectivity index (χ4n) is 2.97. The Hall–Kier alpha value is -1.80. The van der Waals surface area contributed by atoms with E-state index in [0.29, 0.717) is 6.54 Å². The summed E-state index contributed by atoms with van der Waals surface area (Å²) in [5.41, 5.74) is 11.2. The molecule has 1 unspecified atom stereocenters. The lowest BCUT2D eigenvalue weighted by molar-refractivity contribution is 0.213. The van der Waals surface area contributed by atoms with Gasteiger partial charge in [-0.05, 0) is 60.6 Å². The van der Waals surface area contributed by atoms with Crippen LogP contribution in [0.15, 0.2) is 42.5 Å². The number of nitrogens with two attached hydrogens (primary N) is 1. The van der Waals surface area contributed by atoms with Gasteiger partial charge in [-0.3, -0.25) is 0 Å². The number of hydrogen-bond donors (Lipinski definition) is 1. The van der Waals surface area contributed by atoms with E-state index in [-0.39, 0.29) is 6.10 Å². The van der Waals surface area contributed by atoms with Gasteiger partial charge in [-0.2, -0.15) is 0 Å². The molecule has 0 heterocycles. The zero-order chi connectivity index (χ0) is 13.9. The van der Waals surface area contributed by atoms with E-state index in [9.17, 15) is 0 Å². The highest BCUT2D eigenvalue weighted by Gasteiger charge is 2.16. The summed E-state index contributed by atoms with van der Waals surface area (Å²) in [5.74, 6) is 0.935. The first-order chi connectivity index (χ1) is 9.78. The number of ether oxygens (including phenoxy) is 1. The molecular formula is C18H21NO. The summed E-state index contributed by atoms with van der Waals surface area (Å²) < 4.78 is 6.13. The topological polar surface area (TPSA) is 35.2 Å². The number of rotatable bonds is 4. The first-order valence-corrected chi connectivity index (χ1v) is 7.32. The predicted molar refractivity (Wildman–Crippen MR) is 82.1 cm³/mol. The largest absolute Gasteiger partial charge is 0.484 e. The second-order valence-corrected chi connectivity index (χ2v) is 5.48. The summed E-state index contributed by atoms with van der Waals surface area (Å²) in [6.45, 7) is 2.59. The molecule has 0 saturated heterocycles.